The molecule has 22 heavy (non-hydrogen) atoms. The molecule has 1 aliphatic carbocycles. The standard InChI is InChI=1S/C18H25N3S/c1-14-7-8-16-17(13-14)22-18(19-16)21-11-9-20(10-12-21)15-5-3-2-4-6-15/h7-8,13,15H,2-6,9-12H2,1H3. The summed E-state index contributed by atoms with van der Waals surface area (Å²) in [5.74, 6) is 0. The van der Waals surface area contributed by atoms with Crippen molar-refractivity contribution >= 4 is 26.7 Å². The fraction of sp³-hybridized carbons (Fsp3) is 0.611. The summed E-state index contributed by atoms with van der Waals surface area (Å²) in [6, 6.07) is 7.43. The zero-order valence-corrected chi connectivity index (χ0v) is 14.2. The molecule has 118 valence electrons. The van der Waals surface area contributed by atoms with E-state index in [9.17, 15) is 0 Å². The van der Waals surface area contributed by atoms with Crippen molar-refractivity contribution in [3.63, 3.8) is 0 Å². The van der Waals surface area contributed by atoms with Crippen molar-refractivity contribution in [3.8, 4) is 0 Å². The Labute approximate surface area is 136 Å². The number of aryl methyl sites for hydroxylation is 1. The van der Waals surface area contributed by atoms with E-state index >= 15 is 0 Å². The lowest BCUT2D eigenvalue weighted by atomic mass is 9.94. The molecule has 0 amide bonds. The molecule has 1 aromatic carbocycles. The topological polar surface area (TPSA) is 19.4 Å². The van der Waals surface area contributed by atoms with Crippen molar-refractivity contribution in [1.29, 1.82) is 0 Å². The van der Waals surface area contributed by atoms with E-state index in [-0.39, 0.29) is 0 Å². The predicted octanol–water partition coefficient (Wildman–Crippen LogP) is 4.06. The van der Waals surface area contributed by atoms with Gasteiger partial charge in [-0.15, -0.1) is 0 Å². The van der Waals surface area contributed by atoms with Crippen LogP contribution in [0, 0.1) is 6.92 Å². The Balaban J connectivity index is 1.43. The second-order valence-electron chi connectivity index (χ2n) is 6.78. The van der Waals surface area contributed by atoms with Gasteiger partial charge in [-0.2, -0.15) is 0 Å². The van der Waals surface area contributed by atoms with Gasteiger partial charge in [0.05, 0.1) is 10.2 Å². The second-order valence-corrected chi connectivity index (χ2v) is 7.79. The largest absolute Gasteiger partial charge is 0.345 e. The maximum atomic E-state index is 4.84. The van der Waals surface area contributed by atoms with Crippen molar-refractivity contribution in [3.05, 3.63) is 23.8 Å². The van der Waals surface area contributed by atoms with Crippen LogP contribution in [0.1, 0.15) is 37.7 Å². The summed E-state index contributed by atoms with van der Waals surface area (Å²) in [6.07, 6.45) is 7.15. The van der Waals surface area contributed by atoms with E-state index in [0.29, 0.717) is 0 Å². The van der Waals surface area contributed by atoms with Crippen molar-refractivity contribution in [2.45, 2.75) is 45.1 Å². The SMILES string of the molecule is Cc1ccc2nc(N3CCN(C4CCCCC4)CC3)sc2c1. The van der Waals surface area contributed by atoms with Crippen LogP contribution in [-0.4, -0.2) is 42.1 Å². The van der Waals surface area contributed by atoms with Crippen LogP contribution in [0.5, 0.6) is 0 Å². The maximum Gasteiger partial charge on any atom is 0.186 e. The van der Waals surface area contributed by atoms with E-state index in [0.717, 1.165) is 24.6 Å². The molecule has 0 N–H and O–H groups in total. The lowest BCUT2D eigenvalue weighted by Crippen LogP contribution is -2.50. The van der Waals surface area contributed by atoms with Crippen LogP contribution in [0.4, 0.5) is 5.13 Å². The molecule has 2 fully saturated rings. The number of fused-ring (bicyclic) bond motifs is 1. The molecular formula is C18H25N3S. The monoisotopic (exact) mass is 315 g/mol. The Morgan fingerprint density at radius 3 is 2.59 bits per heavy atom. The van der Waals surface area contributed by atoms with Crippen molar-refractivity contribution in [1.82, 2.24) is 9.88 Å². The van der Waals surface area contributed by atoms with Gasteiger partial charge >= 0.3 is 0 Å². The highest BCUT2D eigenvalue weighted by molar-refractivity contribution is 7.22. The average molecular weight is 315 g/mol. The zero-order valence-electron chi connectivity index (χ0n) is 13.4. The summed E-state index contributed by atoms with van der Waals surface area (Å²) in [5.41, 5.74) is 2.48. The van der Waals surface area contributed by atoms with Crippen LogP contribution in [0.25, 0.3) is 10.2 Å². The van der Waals surface area contributed by atoms with Crippen LogP contribution in [0.15, 0.2) is 18.2 Å². The highest BCUT2D eigenvalue weighted by Crippen LogP contribution is 2.31. The lowest BCUT2D eigenvalue weighted by molar-refractivity contribution is 0.148. The Morgan fingerprint density at radius 2 is 1.82 bits per heavy atom. The third-order valence-electron chi connectivity index (χ3n) is 5.21. The molecular weight excluding hydrogens is 290 g/mol. The molecule has 1 aliphatic heterocycles. The Kier molecular flexibility index (Phi) is 4.05. The number of thiazole rings is 1. The summed E-state index contributed by atoms with van der Waals surface area (Å²) in [4.78, 5) is 10.1. The Bertz CT molecular complexity index is 637. The minimum Gasteiger partial charge on any atom is -0.345 e. The van der Waals surface area contributed by atoms with Crippen LogP contribution in [0.3, 0.4) is 0 Å². The molecule has 4 rings (SSSR count). The van der Waals surface area contributed by atoms with Gasteiger partial charge in [0.1, 0.15) is 0 Å². The highest BCUT2D eigenvalue weighted by Gasteiger charge is 2.26. The highest BCUT2D eigenvalue weighted by atomic mass is 32.1. The molecule has 0 unspecified atom stereocenters. The summed E-state index contributed by atoms with van der Waals surface area (Å²) < 4.78 is 1.32. The van der Waals surface area contributed by atoms with Crippen molar-refractivity contribution in [2.75, 3.05) is 31.1 Å². The predicted molar refractivity (Wildman–Crippen MR) is 95.0 cm³/mol. The molecule has 4 heteroatoms. The fourth-order valence-electron chi connectivity index (χ4n) is 3.88. The van der Waals surface area contributed by atoms with Gasteiger partial charge in [0.25, 0.3) is 0 Å². The zero-order chi connectivity index (χ0) is 14.9. The summed E-state index contributed by atoms with van der Waals surface area (Å²) in [6.45, 7) is 6.84. The van der Waals surface area contributed by atoms with E-state index < -0.39 is 0 Å². The minimum absolute atomic E-state index is 0.855. The molecule has 1 aromatic heterocycles. The Morgan fingerprint density at radius 1 is 1.05 bits per heavy atom. The van der Waals surface area contributed by atoms with Gasteiger partial charge in [-0.1, -0.05) is 36.7 Å². The summed E-state index contributed by atoms with van der Waals surface area (Å²) >= 11 is 1.85. The molecule has 0 atom stereocenters. The molecule has 1 saturated heterocycles. The van der Waals surface area contributed by atoms with Gasteiger partial charge < -0.3 is 4.90 Å². The molecule has 3 nitrogen and oxygen atoms in total. The number of hydrogen-bond donors (Lipinski definition) is 0. The van der Waals surface area contributed by atoms with Gasteiger partial charge in [-0.05, 0) is 37.5 Å². The van der Waals surface area contributed by atoms with Crippen molar-refractivity contribution in [2.24, 2.45) is 0 Å². The normalized spacial score (nSPS) is 21.6. The van der Waals surface area contributed by atoms with Gasteiger partial charge in [-0.3, -0.25) is 4.90 Å². The van der Waals surface area contributed by atoms with E-state index in [4.69, 9.17) is 4.98 Å². The number of hydrogen-bond acceptors (Lipinski definition) is 4. The number of piperazine rings is 1. The number of nitrogens with zero attached hydrogens (tertiary/aromatic N) is 3. The smallest absolute Gasteiger partial charge is 0.186 e. The number of benzene rings is 1. The molecule has 2 heterocycles. The first kappa shape index (κ1) is 14.5. The summed E-state index contributed by atoms with van der Waals surface area (Å²) in [7, 11) is 0. The maximum absolute atomic E-state index is 4.84. The van der Waals surface area contributed by atoms with Crippen LogP contribution in [0.2, 0.25) is 0 Å². The summed E-state index contributed by atoms with van der Waals surface area (Å²) in [5, 5.41) is 1.21. The first-order chi connectivity index (χ1) is 10.8. The van der Waals surface area contributed by atoms with E-state index in [2.05, 4.69) is 34.9 Å². The number of aromatic nitrogens is 1. The van der Waals surface area contributed by atoms with Crippen LogP contribution < -0.4 is 4.90 Å². The average Bonchev–Trinajstić information content (AvgIpc) is 2.99. The Hall–Kier alpha value is -1.13. The molecule has 0 spiro atoms. The van der Waals surface area contributed by atoms with Gasteiger partial charge in [0, 0.05) is 32.2 Å². The molecule has 2 aliphatic rings. The second kappa shape index (κ2) is 6.17. The van der Waals surface area contributed by atoms with Gasteiger partial charge in [-0.25, -0.2) is 4.98 Å². The molecule has 2 aromatic rings. The quantitative estimate of drug-likeness (QED) is 0.833. The van der Waals surface area contributed by atoms with E-state index in [1.54, 1.807) is 0 Å². The van der Waals surface area contributed by atoms with Gasteiger partial charge in [0.15, 0.2) is 5.13 Å². The van der Waals surface area contributed by atoms with Crippen molar-refractivity contribution < 1.29 is 0 Å². The molecule has 0 bridgehead atoms. The minimum atomic E-state index is 0.855. The van der Waals surface area contributed by atoms with E-state index in [1.165, 1.54) is 60.6 Å². The first-order valence-electron chi connectivity index (χ1n) is 8.66. The molecule has 1 saturated carbocycles. The fourth-order valence-corrected chi connectivity index (χ4v) is 4.99. The van der Waals surface area contributed by atoms with Crippen LogP contribution >= 0.6 is 11.3 Å². The molecule has 0 radical (unpaired) electrons. The van der Waals surface area contributed by atoms with Gasteiger partial charge in [0.2, 0.25) is 0 Å². The van der Waals surface area contributed by atoms with Crippen LogP contribution in [-0.2, 0) is 0 Å². The van der Waals surface area contributed by atoms with E-state index in [1.807, 2.05) is 11.3 Å². The third kappa shape index (κ3) is 2.86. The number of anilines is 1. The number of rotatable bonds is 2. The lowest BCUT2D eigenvalue weighted by Gasteiger charge is -2.40. The third-order valence-corrected chi connectivity index (χ3v) is 6.29. The first-order valence-corrected chi connectivity index (χ1v) is 9.47.